The minimum atomic E-state index is -2.89. The second-order valence-corrected chi connectivity index (χ2v) is 8.41. The Hall–Kier alpha value is -3.00. The van der Waals surface area contributed by atoms with Crippen molar-refractivity contribution in [2.75, 3.05) is 11.9 Å². The fourth-order valence-electron chi connectivity index (χ4n) is 4.83. The van der Waals surface area contributed by atoms with E-state index in [1.807, 2.05) is 12.1 Å². The number of benzene rings is 2. The van der Waals surface area contributed by atoms with Gasteiger partial charge in [-0.05, 0) is 72.9 Å². The van der Waals surface area contributed by atoms with Gasteiger partial charge >= 0.3 is 6.61 Å². The maximum Gasteiger partial charge on any atom is 0.387 e. The molecule has 2 atom stereocenters. The van der Waals surface area contributed by atoms with Crippen LogP contribution in [0.2, 0.25) is 0 Å². The lowest BCUT2D eigenvalue weighted by Gasteiger charge is -2.36. The van der Waals surface area contributed by atoms with Crippen LogP contribution in [0.3, 0.4) is 0 Å². The summed E-state index contributed by atoms with van der Waals surface area (Å²) in [5.41, 5.74) is 1.09. The minimum absolute atomic E-state index is 0.00651. The maximum atomic E-state index is 12.4. The van der Waals surface area contributed by atoms with E-state index in [0.29, 0.717) is 34.8 Å². The molecule has 2 aliphatic rings. The van der Waals surface area contributed by atoms with Gasteiger partial charge in [0.25, 0.3) is 0 Å². The van der Waals surface area contributed by atoms with E-state index in [-0.39, 0.29) is 11.5 Å². The number of nitrogens with one attached hydrogen (secondary N) is 1. The summed E-state index contributed by atoms with van der Waals surface area (Å²) in [5.74, 6) is 0.865. The first-order chi connectivity index (χ1) is 15.0. The van der Waals surface area contributed by atoms with Crippen LogP contribution in [-0.2, 0) is 0 Å². The zero-order valence-electron chi connectivity index (χ0n) is 17.1. The Morgan fingerprint density at radius 3 is 2.48 bits per heavy atom. The summed E-state index contributed by atoms with van der Waals surface area (Å²) in [7, 11) is 2.06. The van der Waals surface area contributed by atoms with Gasteiger partial charge < -0.3 is 20.1 Å². The van der Waals surface area contributed by atoms with Crippen molar-refractivity contribution in [3.05, 3.63) is 42.5 Å². The van der Waals surface area contributed by atoms with Crippen molar-refractivity contribution in [3.8, 4) is 22.8 Å². The van der Waals surface area contributed by atoms with Gasteiger partial charge in [0.1, 0.15) is 11.5 Å². The molecule has 2 bridgehead atoms. The largest absolute Gasteiger partial charge is 0.507 e. The SMILES string of the molecule is CN(c1ccc(-c2cc3ccc(OC(F)F)cc3cc2O)nn1)C1CC2CCC(C1)N2. The first-order valence-corrected chi connectivity index (χ1v) is 10.5. The Morgan fingerprint density at radius 2 is 1.81 bits per heavy atom. The van der Waals surface area contributed by atoms with E-state index in [4.69, 9.17) is 0 Å². The number of halogens is 2. The number of nitrogens with zero attached hydrogens (tertiary/aromatic N) is 3. The third kappa shape index (κ3) is 3.99. The fraction of sp³-hybridized carbons (Fsp3) is 0.391. The zero-order valence-corrected chi connectivity index (χ0v) is 17.1. The number of rotatable bonds is 5. The third-order valence-corrected chi connectivity index (χ3v) is 6.44. The molecule has 0 radical (unpaired) electrons. The molecule has 0 spiro atoms. The molecule has 2 fully saturated rings. The highest BCUT2D eigenvalue weighted by Crippen LogP contribution is 2.35. The first kappa shape index (κ1) is 19.9. The van der Waals surface area contributed by atoms with Crippen LogP contribution in [0.5, 0.6) is 11.5 Å². The Bertz CT molecular complexity index is 1080. The van der Waals surface area contributed by atoms with Crippen LogP contribution in [0.4, 0.5) is 14.6 Å². The molecule has 3 heterocycles. The van der Waals surface area contributed by atoms with E-state index < -0.39 is 6.61 Å². The molecule has 2 aliphatic heterocycles. The molecule has 1 aromatic heterocycles. The van der Waals surface area contributed by atoms with Crippen LogP contribution < -0.4 is 15.0 Å². The first-order valence-electron chi connectivity index (χ1n) is 10.5. The molecule has 2 N–H and O–H groups in total. The van der Waals surface area contributed by atoms with Crippen molar-refractivity contribution in [1.82, 2.24) is 15.5 Å². The average molecular weight is 426 g/mol. The van der Waals surface area contributed by atoms with E-state index in [2.05, 4.69) is 32.2 Å². The van der Waals surface area contributed by atoms with E-state index in [1.54, 1.807) is 12.1 Å². The number of phenols is 1. The summed E-state index contributed by atoms with van der Waals surface area (Å²) in [4.78, 5) is 2.20. The number of hydrogen-bond donors (Lipinski definition) is 2. The number of ether oxygens (including phenoxy) is 1. The van der Waals surface area contributed by atoms with Gasteiger partial charge in [-0.15, -0.1) is 10.2 Å². The summed E-state index contributed by atoms with van der Waals surface area (Å²) in [6, 6.07) is 13.3. The molecule has 2 aromatic carbocycles. The molecule has 31 heavy (non-hydrogen) atoms. The molecule has 0 saturated carbocycles. The van der Waals surface area contributed by atoms with Gasteiger partial charge in [-0.25, -0.2) is 0 Å². The van der Waals surface area contributed by atoms with Crippen LogP contribution in [0.15, 0.2) is 42.5 Å². The van der Waals surface area contributed by atoms with Gasteiger partial charge in [-0.3, -0.25) is 0 Å². The monoisotopic (exact) mass is 426 g/mol. The van der Waals surface area contributed by atoms with Crippen molar-refractivity contribution in [3.63, 3.8) is 0 Å². The fourth-order valence-corrected chi connectivity index (χ4v) is 4.83. The Labute approximate surface area is 178 Å². The number of aromatic nitrogens is 2. The van der Waals surface area contributed by atoms with E-state index in [9.17, 15) is 13.9 Å². The summed E-state index contributed by atoms with van der Waals surface area (Å²) in [6.45, 7) is -2.89. The molecule has 2 unspecified atom stereocenters. The van der Waals surface area contributed by atoms with Crippen LogP contribution in [0, 0.1) is 0 Å². The Kier molecular flexibility index (Phi) is 5.09. The van der Waals surface area contributed by atoms with Crippen molar-refractivity contribution < 1.29 is 18.6 Å². The minimum Gasteiger partial charge on any atom is -0.507 e. The molecular formula is C23H24F2N4O2. The summed E-state index contributed by atoms with van der Waals surface area (Å²) < 4.78 is 29.3. The predicted octanol–water partition coefficient (Wildman–Crippen LogP) is 4.32. The Morgan fingerprint density at radius 1 is 1.03 bits per heavy atom. The summed E-state index contributed by atoms with van der Waals surface area (Å²) in [6.07, 6.45) is 4.71. The lowest BCUT2D eigenvalue weighted by molar-refractivity contribution is -0.0497. The maximum absolute atomic E-state index is 12.4. The zero-order chi connectivity index (χ0) is 21.5. The number of hydrogen-bond acceptors (Lipinski definition) is 6. The van der Waals surface area contributed by atoms with E-state index in [1.165, 1.54) is 31.0 Å². The molecule has 162 valence electrons. The predicted molar refractivity (Wildman–Crippen MR) is 115 cm³/mol. The smallest absolute Gasteiger partial charge is 0.387 e. The normalized spacial score (nSPS) is 22.8. The van der Waals surface area contributed by atoms with Gasteiger partial charge in [-0.2, -0.15) is 8.78 Å². The topological polar surface area (TPSA) is 70.5 Å². The van der Waals surface area contributed by atoms with E-state index in [0.717, 1.165) is 24.0 Å². The number of fused-ring (bicyclic) bond motifs is 3. The van der Waals surface area contributed by atoms with Gasteiger partial charge in [0.05, 0.1) is 5.69 Å². The lowest BCUT2D eigenvalue weighted by Crippen LogP contribution is -2.47. The summed E-state index contributed by atoms with van der Waals surface area (Å²) >= 11 is 0. The molecule has 8 heteroatoms. The number of piperidine rings is 1. The van der Waals surface area contributed by atoms with Gasteiger partial charge in [-0.1, -0.05) is 6.07 Å². The lowest BCUT2D eigenvalue weighted by atomic mass is 9.98. The van der Waals surface area contributed by atoms with Crippen LogP contribution in [0.1, 0.15) is 25.7 Å². The molecule has 6 nitrogen and oxygen atoms in total. The highest BCUT2D eigenvalue weighted by atomic mass is 19.3. The standard InChI is InChI=1S/C23H24F2N4O2/c1-29(17-11-15-3-4-16(12-17)26-15)22-7-6-20(27-28-22)19-9-13-2-5-18(31-23(24)25)8-14(13)10-21(19)30/h2,5-10,15-17,23,26,30H,3-4,11-12H2,1H3. The highest BCUT2D eigenvalue weighted by Gasteiger charge is 2.35. The van der Waals surface area contributed by atoms with Gasteiger partial charge in [0.2, 0.25) is 0 Å². The summed E-state index contributed by atoms with van der Waals surface area (Å²) in [5, 5.41) is 24.3. The van der Waals surface area contributed by atoms with Gasteiger partial charge in [0.15, 0.2) is 5.82 Å². The van der Waals surface area contributed by atoms with Crippen molar-refractivity contribution in [2.45, 2.75) is 50.4 Å². The number of phenolic OH excluding ortho intramolecular Hbond substituents is 1. The van der Waals surface area contributed by atoms with Gasteiger partial charge in [0, 0.05) is 30.7 Å². The van der Waals surface area contributed by atoms with E-state index >= 15 is 0 Å². The molecular weight excluding hydrogens is 402 g/mol. The third-order valence-electron chi connectivity index (χ3n) is 6.44. The van der Waals surface area contributed by atoms with Crippen molar-refractivity contribution in [2.24, 2.45) is 0 Å². The number of anilines is 1. The Balaban J connectivity index is 1.38. The molecule has 5 rings (SSSR count). The molecule has 2 saturated heterocycles. The van der Waals surface area contributed by atoms with Crippen LogP contribution in [0.25, 0.3) is 22.0 Å². The second kappa shape index (κ2) is 7.92. The quantitative estimate of drug-likeness (QED) is 0.633. The van der Waals surface area contributed by atoms with Crippen molar-refractivity contribution in [1.29, 1.82) is 0 Å². The molecule has 0 amide bonds. The van der Waals surface area contributed by atoms with Crippen LogP contribution >= 0.6 is 0 Å². The average Bonchev–Trinajstić information content (AvgIpc) is 3.10. The van der Waals surface area contributed by atoms with Crippen LogP contribution in [-0.4, -0.2) is 47.1 Å². The number of alkyl halides is 2. The molecule has 3 aromatic rings. The second-order valence-electron chi connectivity index (χ2n) is 8.41. The highest BCUT2D eigenvalue weighted by molar-refractivity contribution is 5.90. The number of aromatic hydroxyl groups is 1. The van der Waals surface area contributed by atoms with Crippen molar-refractivity contribution >= 4 is 16.6 Å². The molecule has 0 aliphatic carbocycles.